The number of nitro benzene ring substituents is 1. The normalized spacial score (nSPS) is 17.0. The number of ketones is 1. The lowest BCUT2D eigenvalue weighted by Crippen LogP contribution is -2.40. The van der Waals surface area contributed by atoms with E-state index in [0.717, 1.165) is 6.07 Å². The predicted octanol–water partition coefficient (Wildman–Crippen LogP) is 4.54. The van der Waals surface area contributed by atoms with E-state index in [9.17, 15) is 19.7 Å². The number of hydrogen-bond donors (Lipinski definition) is 0. The molecular weight excluding hydrogens is 468 g/mol. The van der Waals surface area contributed by atoms with Crippen LogP contribution in [0.5, 0.6) is 0 Å². The van der Waals surface area contributed by atoms with Crippen LogP contribution in [-0.2, 0) is 19.1 Å². The summed E-state index contributed by atoms with van der Waals surface area (Å²) in [5, 5.41) is 20.7. The molecule has 0 amide bonds. The summed E-state index contributed by atoms with van der Waals surface area (Å²) in [6, 6.07) is 5.52. The standard InChI is InChI=1S/C22H23BrN2O6/c1-5-31-21(27)19(15-8-6-13(12-24)10-17(15)25(28)29)20(26)22(2,3)14-7-9-18(30-4)16(23)11-14/h6,8-11,14,19H,5,7H2,1-4H3. The van der Waals surface area contributed by atoms with E-state index in [4.69, 9.17) is 14.7 Å². The zero-order chi connectivity index (χ0) is 23.3. The molecule has 2 unspecified atom stereocenters. The Balaban J connectivity index is 2.56. The number of benzene rings is 1. The van der Waals surface area contributed by atoms with Gasteiger partial charge in [0.05, 0.1) is 40.3 Å². The molecular formula is C22H23BrN2O6. The van der Waals surface area contributed by atoms with E-state index in [2.05, 4.69) is 15.9 Å². The number of nitriles is 1. The molecule has 2 atom stereocenters. The van der Waals surface area contributed by atoms with Gasteiger partial charge in [0.15, 0.2) is 5.78 Å². The third-order valence-electron chi connectivity index (χ3n) is 5.37. The van der Waals surface area contributed by atoms with Gasteiger partial charge in [-0.15, -0.1) is 0 Å². The molecule has 0 saturated heterocycles. The van der Waals surface area contributed by atoms with Crippen molar-refractivity contribution in [3.8, 4) is 6.07 Å². The van der Waals surface area contributed by atoms with E-state index in [-0.39, 0.29) is 23.7 Å². The monoisotopic (exact) mass is 490 g/mol. The van der Waals surface area contributed by atoms with Gasteiger partial charge in [0.25, 0.3) is 5.69 Å². The summed E-state index contributed by atoms with van der Waals surface area (Å²) in [6.45, 7) is 5.01. The van der Waals surface area contributed by atoms with Gasteiger partial charge in [-0.3, -0.25) is 19.7 Å². The van der Waals surface area contributed by atoms with Crippen molar-refractivity contribution in [3.63, 3.8) is 0 Å². The van der Waals surface area contributed by atoms with Gasteiger partial charge < -0.3 is 9.47 Å². The van der Waals surface area contributed by atoms with E-state index >= 15 is 0 Å². The number of esters is 1. The molecule has 0 N–H and O–H groups in total. The first-order chi connectivity index (χ1) is 14.6. The van der Waals surface area contributed by atoms with Gasteiger partial charge in [-0.2, -0.15) is 5.26 Å². The smallest absolute Gasteiger partial charge is 0.321 e. The lowest BCUT2D eigenvalue weighted by molar-refractivity contribution is -0.385. The molecule has 31 heavy (non-hydrogen) atoms. The fourth-order valence-electron chi connectivity index (χ4n) is 3.51. The number of rotatable bonds is 8. The minimum Gasteiger partial charge on any atom is -0.496 e. The second-order valence-electron chi connectivity index (χ2n) is 7.54. The van der Waals surface area contributed by atoms with Crippen LogP contribution in [0.3, 0.4) is 0 Å². The highest BCUT2D eigenvalue weighted by molar-refractivity contribution is 9.11. The number of allylic oxidation sites excluding steroid dienone is 3. The Hall–Kier alpha value is -2.99. The van der Waals surface area contributed by atoms with Crippen LogP contribution in [0.4, 0.5) is 5.69 Å². The fraction of sp³-hybridized carbons (Fsp3) is 0.409. The van der Waals surface area contributed by atoms with E-state index < -0.39 is 33.7 Å². The first-order valence-electron chi connectivity index (χ1n) is 9.59. The van der Waals surface area contributed by atoms with Crippen LogP contribution in [0.25, 0.3) is 0 Å². The fourth-order valence-corrected chi connectivity index (χ4v) is 4.16. The van der Waals surface area contributed by atoms with Crippen molar-refractivity contribution in [2.75, 3.05) is 13.7 Å². The minimum absolute atomic E-state index is 0.0158. The Morgan fingerprint density at radius 1 is 1.42 bits per heavy atom. The number of nitro groups is 1. The van der Waals surface area contributed by atoms with Gasteiger partial charge in [-0.05, 0) is 53.4 Å². The molecule has 9 heteroatoms. The summed E-state index contributed by atoms with van der Waals surface area (Å²) in [6.07, 6.45) is 4.17. The highest BCUT2D eigenvalue weighted by Gasteiger charge is 2.46. The molecule has 0 saturated carbocycles. The lowest BCUT2D eigenvalue weighted by atomic mass is 9.68. The number of carbonyl (C=O) groups excluding carboxylic acids is 2. The molecule has 0 spiro atoms. The Bertz CT molecular complexity index is 1010. The third-order valence-corrected chi connectivity index (χ3v) is 6.03. The van der Waals surface area contributed by atoms with Gasteiger partial charge in [-0.1, -0.05) is 19.9 Å². The Morgan fingerprint density at radius 3 is 2.61 bits per heavy atom. The molecule has 1 aromatic rings. The second kappa shape index (κ2) is 9.88. The molecule has 0 aromatic heterocycles. The number of halogens is 1. The van der Waals surface area contributed by atoms with E-state index in [1.54, 1.807) is 27.9 Å². The number of carbonyl (C=O) groups is 2. The number of ether oxygens (including phenoxy) is 2. The molecule has 2 rings (SSSR count). The van der Waals surface area contributed by atoms with Crippen LogP contribution < -0.4 is 0 Å². The van der Waals surface area contributed by atoms with E-state index in [1.165, 1.54) is 12.1 Å². The maximum absolute atomic E-state index is 13.7. The second-order valence-corrected chi connectivity index (χ2v) is 8.40. The SMILES string of the molecule is CCOC(=O)C(C(=O)C(C)(C)C1C=C(Br)C(OC)=CC1)c1ccc(C#N)cc1[N+](=O)[O-]. The van der Waals surface area contributed by atoms with Gasteiger partial charge >= 0.3 is 5.97 Å². The summed E-state index contributed by atoms with van der Waals surface area (Å²) in [4.78, 5) is 37.5. The molecule has 0 bridgehead atoms. The zero-order valence-corrected chi connectivity index (χ0v) is 19.3. The van der Waals surface area contributed by atoms with Gasteiger partial charge in [0.2, 0.25) is 0 Å². The maximum Gasteiger partial charge on any atom is 0.321 e. The molecule has 1 aliphatic carbocycles. The summed E-state index contributed by atoms with van der Waals surface area (Å²) < 4.78 is 11.1. The van der Waals surface area contributed by atoms with Crippen molar-refractivity contribution in [1.29, 1.82) is 5.26 Å². The van der Waals surface area contributed by atoms with E-state index in [0.29, 0.717) is 16.7 Å². The van der Waals surface area contributed by atoms with Crippen LogP contribution in [0.15, 0.2) is 40.6 Å². The summed E-state index contributed by atoms with van der Waals surface area (Å²) in [5.74, 6) is -2.51. The Morgan fingerprint density at radius 2 is 2.10 bits per heavy atom. The number of nitrogens with zero attached hydrogens (tertiary/aromatic N) is 2. The Labute approximate surface area is 188 Å². The van der Waals surface area contributed by atoms with Gasteiger partial charge in [-0.25, -0.2) is 0 Å². The average Bonchev–Trinajstić information content (AvgIpc) is 2.73. The summed E-state index contributed by atoms with van der Waals surface area (Å²) in [7, 11) is 1.54. The number of Topliss-reactive ketones (excluding diaryl/α,β-unsaturated/α-hetero) is 1. The van der Waals surface area contributed by atoms with Crippen LogP contribution in [0.1, 0.15) is 44.2 Å². The molecule has 8 nitrogen and oxygen atoms in total. The number of hydrogen-bond acceptors (Lipinski definition) is 7. The molecule has 1 aromatic carbocycles. The quantitative estimate of drug-likeness (QED) is 0.227. The van der Waals surface area contributed by atoms with Crippen molar-refractivity contribution in [2.45, 2.75) is 33.1 Å². The van der Waals surface area contributed by atoms with Gasteiger partial charge in [0.1, 0.15) is 11.7 Å². The Kier molecular flexibility index (Phi) is 7.74. The molecule has 0 heterocycles. The van der Waals surface area contributed by atoms with Gasteiger partial charge in [0, 0.05) is 11.5 Å². The average molecular weight is 491 g/mol. The minimum atomic E-state index is -1.50. The van der Waals surface area contributed by atoms with Crippen molar-refractivity contribution < 1.29 is 24.0 Å². The molecule has 0 fully saturated rings. The van der Waals surface area contributed by atoms with Crippen molar-refractivity contribution in [3.05, 3.63) is 61.8 Å². The van der Waals surface area contributed by atoms with Crippen LogP contribution in [-0.4, -0.2) is 30.4 Å². The largest absolute Gasteiger partial charge is 0.496 e. The van der Waals surface area contributed by atoms with Crippen molar-refractivity contribution in [1.82, 2.24) is 0 Å². The van der Waals surface area contributed by atoms with Crippen LogP contribution in [0.2, 0.25) is 0 Å². The molecule has 164 valence electrons. The highest BCUT2D eigenvalue weighted by atomic mass is 79.9. The topological polar surface area (TPSA) is 120 Å². The van der Waals surface area contributed by atoms with Crippen LogP contribution in [0, 0.1) is 32.8 Å². The zero-order valence-electron chi connectivity index (χ0n) is 17.7. The molecule has 1 aliphatic rings. The molecule has 0 radical (unpaired) electrons. The third kappa shape index (κ3) is 5.02. The first-order valence-corrected chi connectivity index (χ1v) is 10.4. The van der Waals surface area contributed by atoms with E-state index in [1.807, 2.05) is 18.2 Å². The predicted molar refractivity (Wildman–Crippen MR) is 116 cm³/mol. The van der Waals surface area contributed by atoms with Crippen molar-refractivity contribution >= 4 is 33.4 Å². The summed E-state index contributed by atoms with van der Waals surface area (Å²) in [5.41, 5.74) is -1.56. The molecule has 0 aliphatic heterocycles. The number of methoxy groups -OCH3 is 1. The first kappa shape index (κ1) is 24.3. The summed E-state index contributed by atoms with van der Waals surface area (Å²) >= 11 is 3.42. The van der Waals surface area contributed by atoms with Crippen molar-refractivity contribution in [2.24, 2.45) is 11.3 Å². The van der Waals surface area contributed by atoms with Crippen LogP contribution >= 0.6 is 15.9 Å². The lowest BCUT2D eigenvalue weighted by Gasteiger charge is -2.35. The highest BCUT2D eigenvalue weighted by Crippen LogP contribution is 2.43. The maximum atomic E-state index is 13.7.